The predicted octanol–water partition coefficient (Wildman–Crippen LogP) is 16.1. The van der Waals surface area contributed by atoms with E-state index in [9.17, 15) is 4.79 Å². The minimum Gasteiger partial charge on any atom is -0.481 e. The zero-order valence-electron chi connectivity index (χ0n) is 36.5. The van der Waals surface area contributed by atoms with Crippen LogP contribution in [0.3, 0.4) is 0 Å². The summed E-state index contributed by atoms with van der Waals surface area (Å²) in [4.78, 5) is 10.3. The van der Waals surface area contributed by atoms with E-state index in [1.807, 2.05) is 19.4 Å². The molecule has 52 heavy (non-hydrogen) atoms. The van der Waals surface area contributed by atoms with Crippen molar-refractivity contribution in [1.29, 1.82) is 0 Å². The summed E-state index contributed by atoms with van der Waals surface area (Å²) in [6.45, 7) is 25.1. The normalized spacial score (nSPS) is 28.0. The highest BCUT2D eigenvalue weighted by molar-refractivity contribution is 5.66. The second kappa shape index (κ2) is 29.5. The third-order valence-electron chi connectivity index (χ3n) is 13.7. The fraction of sp³-hybridized carbons (Fsp3) is 0.939. The van der Waals surface area contributed by atoms with Gasteiger partial charge in [0, 0.05) is 7.85 Å². The number of allylic oxidation sites excluding steroid dienone is 2. The van der Waals surface area contributed by atoms with E-state index in [1.165, 1.54) is 148 Å². The molecule has 0 amide bonds. The van der Waals surface area contributed by atoms with Gasteiger partial charge in [-0.15, -0.1) is 0 Å². The molecule has 0 spiro atoms. The lowest BCUT2D eigenvalue weighted by Crippen LogP contribution is -2.54. The Bertz CT molecular complexity index is 903. The van der Waals surface area contributed by atoms with E-state index in [2.05, 4.69) is 66.8 Å². The topological polar surface area (TPSA) is 49.3 Å². The molecular weight excluding hydrogens is 635 g/mol. The van der Waals surface area contributed by atoms with E-state index in [1.54, 1.807) is 0 Å². The number of nitrogens with one attached hydrogen (secondary N) is 1. The number of carboxylic acids is 1. The molecule has 0 aromatic carbocycles. The van der Waals surface area contributed by atoms with Gasteiger partial charge in [-0.25, -0.2) is 0 Å². The molecule has 312 valence electrons. The number of hydrogen-bond acceptors (Lipinski definition) is 2. The lowest BCUT2D eigenvalue weighted by atomic mass is 9.42. The van der Waals surface area contributed by atoms with Gasteiger partial charge in [-0.3, -0.25) is 4.79 Å². The van der Waals surface area contributed by atoms with Crippen molar-refractivity contribution >= 4 is 5.97 Å². The van der Waals surface area contributed by atoms with Gasteiger partial charge in [0.1, 0.15) is 0 Å². The highest BCUT2D eigenvalue weighted by atomic mass is 16.4. The quantitative estimate of drug-likeness (QED) is 0.103. The summed E-state index contributed by atoms with van der Waals surface area (Å²) in [6.07, 6.45) is 36.5. The first-order valence-electron chi connectivity index (χ1n) is 23.2. The van der Waals surface area contributed by atoms with Gasteiger partial charge in [-0.05, 0) is 124 Å². The van der Waals surface area contributed by atoms with Crippen molar-refractivity contribution in [2.75, 3.05) is 13.1 Å². The van der Waals surface area contributed by atoms with Crippen molar-refractivity contribution in [3.8, 4) is 0 Å². The van der Waals surface area contributed by atoms with Crippen LogP contribution in [0, 0.1) is 46.3 Å². The van der Waals surface area contributed by atoms with Crippen LogP contribution in [-0.4, -0.2) is 24.2 Å². The molecule has 2 N–H and O–H groups in total. The Hall–Kier alpha value is -0.830. The average molecular weight is 734 g/mol. The van der Waals surface area contributed by atoms with Crippen molar-refractivity contribution in [1.82, 2.24) is 5.32 Å². The molecule has 3 saturated carbocycles. The molecule has 3 heteroatoms. The molecule has 0 heterocycles. The summed E-state index contributed by atoms with van der Waals surface area (Å²) in [5, 5.41) is 11.7. The first kappa shape index (κ1) is 51.2. The predicted molar refractivity (Wildman–Crippen MR) is 235 cm³/mol. The van der Waals surface area contributed by atoms with Crippen molar-refractivity contribution in [2.45, 2.75) is 237 Å². The standard InChI is InChI=1S/C29H50.C14H29NO2.C3H8.C2H6.CH4.H2/c1-6-22(12-9-11-21(2)3)25-14-10-15-26-24-17-16-23-13-7-8-19-28(23,4)27(24)18-20-29(25,26)5;1-2-3-4-5-6-7-8-9-12-15-13-10-11-14(16)17;1-3-2;1-2;;/h16,21-22,24-27H,6-15,17-20H2,1-5H3;15H,2-13H2,1H3,(H,16,17);3H2,1-2H3;1-2H3;1H4;1H/t22-,24+,25-,26?,27?,28?,29-;;;;;/m1...../s1. The summed E-state index contributed by atoms with van der Waals surface area (Å²) in [5.41, 5.74) is 3.08. The van der Waals surface area contributed by atoms with E-state index < -0.39 is 5.97 Å². The molecule has 0 radical (unpaired) electrons. The molecule has 0 aromatic rings. The summed E-state index contributed by atoms with van der Waals surface area (Å²) in [6, 6.07) is 0. The minimum absolute atomic E-state index is 0. The Morgan fingerprint density at radius 3 is 2.08 bits per heavy atom. The number of carbonyl (C=O) groups is 1. The van der Waals surface area contributed by atoms with E-state index in [0.717, 1.165) is 55.0 Å². The van der Waals surface area contributed by atoms with Gasteiger partial charge in [-0.2, -0.15) is 0 Å². The average Bonchev–Trinajstić information content (AvgIpc) is 3.11. The van der Waals surface area contributed by atoms with Gasteiger partial charge >= 0.3 is 5.97 Å². The monoisotopic (exact) mass is 734 g/mol. The number of rotatable bonds is 19. The van der Waals surface area contributed by atoms with Crippen LogP contribution in [0.15, 0.2) is 11.6 Å². The first-order chi connectivity index (χ1) is 24.6. The minimum atomic E-state index is -0.695. The fourth-order valence-corrected chi connectivity index (χ4v) is 11.1. The molecule has 0 aliphatic heterocycles. The lowest BCUT2D eigenvalue weighted by molar-refractivity contribution is -0.137. The van der Waals surface area contributed by atoms with Crippen LogP contribution in [0.5, 0.6) is 0 Å². The summed E-state index contributed by atoms with van der Waals surface area (Å²) < 4.78 is 0. The molecule has 0 aromatic heterocycles. The number of carboxylic acid groups (broad SMARTS) is 1. The summed E-state index contributed by atoms with van der Waals surface area (Å²) in [7, 11) is 0. The molecule has 3 unspecified atom stereocenters. The van der Waals surface area contributed by atoms with E-state index >= 15 is 0 Å². The number of fused-ring (bicyclic) bond motifs is 5. The van der Waals surface area contributed by atoms with E-state index in [4.69, 9.17) is 5.11 Å². The summed E-state index contributed by atoms with van der Waals surface area (Å²) in [5.74, 6) is 5.17. The lowest BCUT2D eigenvalue weighted by Gasteiger charge is -2.62. The highest BCUT2D eigenvalue weighted by Gasteiger charge is 2.57. The Morgan fingerprint density at radius 1 is 0.827 bits per heavy atom. The Morgan fingerprint density at radius 2 is 1.46 bits per heavy atom. The Labute approximate surface area is 330 Å². The molecule has 4 aliphatic carbocycles. The van der Waals surface area contributed by atoms with E-state index in [-0.39, 0.29) is 15.3 Å². The first-order valence-corrected chi connectivity index (χ1v) is 23.2. The maximum Gasteiger partial charge on any atom is 0.303 e. The second-order valence-electron chi connectivity index (χ2n) is 18.0. The van der Waals surface area contributed by atoms with Crippen LogP contribution in [0.2, 0.25) is 0 Å². The van der Waals surface area contributed by atoms with Crippen LogP contribution in [0.4, 0.5) is 0 Å². The van der Waals surface area contributed by atoms with Crippen molar-refractivity contribution < 1.29 is 11.3 Å². The van der Waals surface area contributed by atoms with Gasteiger partial charge in [0.05, 0.1) is 0 Å². The van der Waals surface area contributed by atoms with Gasteiger partial charge in [-0.1, -0.05) is 178 Å². The van der Waals surface area contributed by atoms with Crippen LogP contribution in [-0.2, 0) is 4.79 Å². The maximum absolute atomic E-state index is 10.3. The van der Waals surface area contributed by atoms with Crippen LogP contribution in [0.1, 0.15) is 239 Å². The van der Waals surface area contributed by atoms with Gasteiger partial charge in [0.2, 0.25) is 0 Å². The second-order valence-corrected chi connectivity index (χ2v) is 18.0. The molecule has 4 aliphatic rings. The van der Waals surface area contributed by atoms with Crippen molar-refractivity contribution in [3.05, 3.63) is 11.6 Å². The molecular formula is C49H99NO2. The van der Waals surface area contributed by atoms with E-state index in [0.29, 0.717) is 10.8 Å². The molecule has 3 nitrogen and oxygen atoms in total. The van der Waals surface area contributed by atoms with Gasteiger partial charge in [0.25, 0.3) is 0 Å². The van der Waals surface area contributed by atoms with Crippen LogP contribution >= 0.6 is 0 Å². The van der Waals surface area contributed by atoms with Gasteiger partial charge < -0.3 is 10.4 Å². The third kappa shape index (κ3) is 16.9. The van der Waals surface area contributed by atoms with Crippen LogP contribution < -0.4 is 5.32 Å². The smallest absolute Gasteiger partial charge is 0.303 e. The number of unbranched alkanes of at least 4 members (excludes halogenated alkanes) is 7. The molecule has 0 bridgehead atoms. The molecule has 0 saturated heterocycles. The molecule has 3 fully saturated rings. The summed E-state index contributed by atoms with van der Waals surface area (Å²) >= 11 is 0. The van der Waals surface area contributed by atoms with Crippen LogP contribution in [0.25, 0.3) is 0 Å². The number of aliphatic carboxylic acids is 1. The molecule has 4 rings (SSSR count). The SMILES string of the molecule is C.CC.CCC.CCCCCCCCCCNCCCC(=O)O.CC[C@H](CCCC(C)C)[C@H]1CCCC2[C@@H]3CC=C4CCCCC4(C)C3CC[C@@]21C.[HH]. The Kier molecular flexibility index (Phi) is 29.0. The maximum atomic E-state index is 10.3. The molecule has 7 atom stereocenters. The van der Waals surface area contributed by atoms with Crippen molar-refractivity contribution in [3.63, 3.8) is 0 Å². The zero-order chi connectivity index (χ0) is 38.1. The fourth-order valence-electron chi connectivity index (χ4n) is 11.1. The van der Waals surface area contributed by atoms with Crippen molar-refractivity contribution in [2.24, 2.45) is 46.3 Å². The third-order valence-corrected chi connectivity index (χ3v) is 13.7. The number of hydrogen-bond donors (Lipinski definition) is 2. The Balaban J connectivity index is 0. The zero-order valence-corrected chi connectivity index (χ0v) is 36.5. The largest absolute Gasteiger partial charge is 0.481 e. The van der Waals surface area contributed by atoms with Gasteiger partial charge in [0.15, 0.2) is 0 Å². The highest BCUT2D eigenvalue weighted by Crippen LogP contribution is 2.66.